The molecule has 4 nitrogen and oxygen atoms in total. The Hall–Kier alpha value is -4.17. The molecule has 2 heterocycles. The molecule has 0 radical (unpaired) electrons. The molecule has 5 rings (SSSR count). The van der Waals surface area contributed by atoms with Gasteiger partial charge in [-0.1, -0.05) is 49.4 Å². The van der Waals surface area contributed by atoms with Gasteiger partial charge in [-0.3, -0.25) is 0 Å². The summed E-state index contributed by atoms with van der Waals surface area (Å²) < 4.78 is 22.1. The molecule has 0 amide bonds. The maximum atomic E-state index is 13.9. The minimum atomic E-state index is -0.360. The summed E-state index contributed by atoms with van der Waals surface area (Å²) in [6, 6.07) is 23.2. The van der Waals surface area contributed by atoms with E-state index >= 15 is 0 Å². The van der Waals surface area contributed by atoms with Gasteiger partial charge in [-0.15, -0.1) is 0 Å². The second-order valence-corrected chi connectivity index (χ2v) is 8.42. The Bertz CT molecular complexity index is 1440. The zero-order chi connectivity index (χ0) is 23.7. The Morgan fingerprint density at radius 1 is 1.09 bits per heavy atom. The molecule has 0 fully saturated rings. The zero-order valence-electron chi connectivity index (χ0n) is 19.2. The van der Waals surface area contributed by atoms with Crippen molar-refractivity contribution in [3.63, 3.8) is 0 Å². The number of halogens is 1. The number of hydrogen-bond donors (Lipinski definition) is 0. The van der Waals surface area contributed by atoms with Crippen LogP contribution in [-0.4, -0.2) is 9.55 Å². The first-order chi connectivity index (χ1) is 16.6. The zero-order valence-corrected chi connectivity index (χ0v) is 19.2. The molecule has 0 saturated heterocycles. The summed E-state index contributed by atoms with van der Waals surface area (Å²) in [5, 5.41) is 9.65. The Balaban J connectivity index is 1.53. The molecule has 1 aliphatic heterocycles. The average Bonchev–Trinajstić information content (AvgIpc) is 3.20. The lowest BCUT2D eigenvalue weighted by atomic mass is 9.90. The summed E-state index contributed by atoms with van der Waals surface area (Å²) in [7, 11) is 0. The second-order valence-electron chi connectivity index (χ2n) is 8.42. The molecule has 0 saturated carbocycles. The van der Waals surface area contributed by atoms with Gasteiger partial charge in [0.05, 0.1) is 11.8 Å². The molecule has 0 unspecified atom stereocenters. The van der Waals surface area contributed by atoms with Gasteiger partial charge in [-0.25, -0.2) is 9.37 Å². The first-order valence-corrected chi connectivity index (χ1v) is 11.3. The fraction of sp³-hybridized carbons (Fsp3) is 0.172. The van der Waals surface area contributed by atoms with Crippen molar-refractivity contribution in [2.75, 3.05) is 0 Å². The molecule has 0 aliphatic carbocycles. The molecule has 3 aromatic carbocycles. The predicted octanol–water partition coefficient (Wildman–Crippen LogP) is 6.54. The maximum Gasteiger partial charge on any atom is 0.130 e. The molecule has 0 bridgehead atoms. The SMILES string of the molecule is CCc1nc(-c2ccccc2)cn1Cc1ccc2c(c1)COc1cc(F)ccc1C2=C(C)C#N. The van der Waals surface area contributed by atoms with Crippen molar-refractivity contribution < 1.29 is 9.13 Å². The third kappa shape index (κ3) is 3.99. The molecule has 1 aromatic heterocycles. The number of imidazole rings is 1. The topological polar surface area (TPSA) is 50.8 Å². The van der Waals surface area contributed by atoms with E-state index in [1.807, 2.05) is 24.3 Å². The van der Waals surface area contributed by atoms with E-state index in [1.54, 1.807) is 13.0 Å². The van der Waals surface area contributed by atoms with Crippen molar-refractivity contribution in [3.05, 3.63) is 112 Å². The fourth-order valence-electron chi connectivity index (χ4n) is 4.51. The standard InChI is InChI=1S/C29H24FN3O/c1-3-28-32-26(21-7-5-4-6-8-21)17-33(28)16-20-9-11-24-22(13-20)18-34-27-14-23(30)10-12-25(27)29(24)19(2)15-31/h4-14,17H,3,16,18H2,1-2H3. The van der Waals surface area contributed by atoms with Crippen LogP contribution in [0.5, 0.6) is 5.75 Å². The van der Waals surface area contributed by atoms with Crippen LogP contribution in [0.4, 0.5) is 4.39 Å². The van der Waals surface area contributed by atoms with Crippen molar-refractivity contribution in [2.45, 2.75) is 33.4 Å². The van der Waals surface area contributed by atoms with Gasteiger partial charge in [-0.2, -0.15) is 5.26 Å². The summed E-state index contributed by atoms with van der Waals surface area (Å²) in [5.74, 6) is 1.12. The van der Waals surface area contributed by atoms with Crippen LogP contribution < -0.4 is 4.74 Å². The van der Waals surface area contributed by atoms with Crippen LogP contribution in [0.15, 0.2) is 78.5 Å². The quantitative estimate of drug-likeness (QED) is 0.333. The molecular formula is C29H24FN3O. The monoisotopic (exact) mass is 449 g/mol. The number of nitriles is 1. The lowest BCUT2D eigenvalue weighted by Gasteiger charge is -2.13. The van der Waals surface area contributed by atoms with E-state index in [2.05, 4.69) is 48.0 Å². The molecule has 1 aliphatic rings. The summed E-state index contributed by atoms with van der Waals surface area (Å²) in [5.41, 5.74) is 7.19. The van der Waals surface area contributed by atoms with E-state index in [-0.39, 0.29) is 5.82 Å². The van der Waals surface area contributed by atoms with Crippen molar-refractivity contribution in [3.8, 4) is 23.1 Å². The number of allylic oxidation sites excluding steroid dienone is 1. The van der Waals surface area contributed by atoms with Gasteiger partial charge < -0.3 is 9.30 Å². The van der Waals surface area contributed by atoms with Gasteiger partial charge in [0.1, 0.15) is 24.0 Å². The Kier molecular flexibility index (Phi) is 5.73. The third-order valence-corrected chi connectivity index (χ3v) is 6.18. The van der Waals surface area contributed by atoms with Crippen molar-refractivity contribution in [1.29, 1.82) is 5.26 Å². The minimum Gasteiger partial charge on any atom is -0.488 e. The van der Waals surface area contributed by atoms with Gasteiger partial charge in [-0.05, 0) is 41.8 Å². The van der Waals surface area contributed by atoms with Gasteiger partial charge in [0.25, 0.3) is 0 Å². The predicted molar refractivity (Wildman–Crippen MR) is 131 cm³/mol. The van der Waals surface area contributed by atoms with Crippen LogP contribution in [-0.2, 0) is 19.6 Å². The van der Waals surface area contributed by atoms with Crippen molar-refractivity contribution >= 4 is 5.57 Å². The fourth-order valence-corrected chi connectivity index (χ4v) is 4.51. The smallest absolute Gasteiger partial charge is 0.130 e. The Morgan fingerprint density at radius 3 is 2.65 bits per heavy atom. The number of benzene rings is 3. The lowest BCUT2D eigenvalue weighted by Crippen LogP contribution is -2.05. The summed E-state index contributed by atoms with van der Waals surface area (Å²) in [6.45, 7) is 4.88. The molecule has 34 heavy (non-hydrogen) atoms. The van der Waals surface area contributed by atoms with Crippen LogP contribution in [0.2, 0.25) is 0 Å². The van der Waals surface area contributed by atoms with Crippen molar-refractivity contribution in [2.24, 2.45) is 0 Å². The number of aromatic nitrogens is 2. The number of rotatable bonds is 4. The van der Waals surface area contributed by atoms with Crippen LogP contribution in [0.25, 0.3) is 16.8 Å². The van der Waals surface area contributed by atoms with E-state index in [0.717, 1.165) is 51.3 Å². The van der Waals surface area contributed by atoms with E-state index in [9.17, 15) is 9.65 Å². The van der Waals surface area contributed by atoms with E-state index < -0.39 is 0 Å². The van der Waals surface area contributed by atoms with E-state index in [4.69, 9.17) is 9.72 Å². The van der Waals surface area contributed by atoms with E-state index in [0.29, 0.717) is 24.5 Å². The van der Waals surface area contributed by atoms with Crippen LogP contribution in [0, 0.1) is 17.1 Å². The normalized spacial score (nSPS) is 13.8. The molecule has 0 spiro atoms. The summed E-state index contributed by atoms with van der Waals surface area (Å²) in [6.07, 6.45) is 2.93. The number of fused-ring (bicyclic) bond motifs is 2. The van der Waals surface area contributed by atoms with Gasteiger partial charge in [0.15, 0.2) is 0 Å². The maximum absolute atomic E-state index is 13.9. The summed E-state index contributed by atoms with van der Waals surface area (Å²) >= 11 is 0. The Labute approximate surface area is 198 Å². The second kappa shape index (κ2) is 8.99. The highest BCUT2D eigenvalue weighted by molar-refractivity contribution is 5.88. The average molecular weight is 450 g/mol. The lowest BCUT2D eigenvalue weighted by molar-refractivity contribution is 0.305. The highest BCUT2D eigenvalue weighted by Crippen LogP contribution is 2.39. The van der Waals surface area contributed by atoms with Crippen molar-refractivity contribution in [1.82, 2.24) is 9.55 Å². The van der Waals surface area contributed by atoms with Crippen LogP contribution in [0.1, 0.15) is 41.9 Å². The van der Waals surface area contributed by atoms with Gasteiger partial charge in [0, 0.05) is 47.5 Å². The highest BCUT2D eigenvalue weighted by Gasteiger charge is 2.22. The molecular weight excluding hydrogens is 425 g/mol. The number of aryl methyl sites for hydroxylation is 1. The van der Waals surface area contributed by atoms with Crippen LogP contribution >= 0.6 is 0 Å². The first-order valence-electron chi connectivity index (χ1n) is 11.3. The Morgan fingerprint density at radius 2 is 1.88 bits per heavy atom. The third-order valence-electron chi connectivity index (χ3n) is 6.18. The molecule has 0 atom stereocenters. The minimum absolute atomic E-state index is 0.307. The molecule has 0 N–H and O–H groups in total. The number of ether oxygens (including phenoxy) is 1. The first kappa shape index (κ1) is 21.7. The highest BCUT2D eigenvalue weighted by atomic mass is 19.1. The molecule has 5 heteroatoms. The number of hydrogen-bond acceptors (Lipinski definition) is 3. The van der Waals surface area contributed by atoms with Gasteiger partial charge in [0.2, 0.25) is 0 Å². The summed E-state index contributed by atoms with van der Waals surface area (Å²) in [4.78, 5) is 4.84. The molecule has 4 aromatic rings. The molecule has 168 valence electrons. The van der Waals surface area contributed by atoms with Crippen LogP contribution in [0.3, 0.4) is 0 Å². The largest absolute Gasteiger partial charge is 0.488 e. The van der Waals surface area contributed by atoms with E-state index in [1.165, 1.54) is 12.1 Å². The van der Waals surface area contributed by atoms with Gasteiger partial charge >= 0.3 is 0 Å². The number of nitrogens with zero attached hydrogens (tertiary/aromatic N) is 3.